The van der Waals surface area contributed by atoms with E-state index in [2.05, 4.69) is 0 Å². The Morgan fingerprint density at radius 3 is 2.22 bits per heavy atom. The second-order valence-electron chi connectivity index (χ2n) is 6.45. The molecule has 0 spiro atoms. The van der Waals surface area contributed by atoms with Crippen LogP contribution in [0, 0.1) is 0 Å². The third-order valence-corrected chi connectivity index (χ3v) is 5.02. The van der Waals surface area contributed by atoms with Crippen LogP contribution in [0.15, 0.2) is 41.2 Å². The van der Waals surface area contributed by atoms with Gasteiger partial charge in [-0.15, -0.1) is 0 Å². The van der Waals surface area contributed by atoms with Gasteiger partial charge in [-0.25, -0.2) is 0 Å². The number of fused-ring (bicyclic) bond motifs is 5. The molecule has 0 bridgehead atoms. The summed E-state index contributed by atoms with van der Waals surface area (Å²) in [4.78, 5) is 26.4. The molecule has 0 saturated heterocycles. The van der Waals surface area contributed by atoms with Crippen LogP contribution in [-0.2, 0) is 6.54 Å². The molecule has 0 aliphatic heterocycles. The maximum atomic E-state index is 13.3. The van der Waals surface area contributed by atoms with Gasteiger partial charge in [0.25, 0.3) is 5.56 Å². The number of ketones is 1. The third kappa shape index (κ3) is 2.44. The quantitative estimate of drug-likeness (QED) is 0.588. The number of hydrogen-bond acceptors (Lipinski definition) is 5. The minimum Gasteiger partial charge on any atom is -0.493 e. The first-order valence-electron chi connectivity index (χ1n) is 8.79. The highest BCUT2D eigenvalue weighted by atomic mass is 16.5. The monoisotopic (exact) mass is 364 g/mol. The van der Waals surface area contributed by atoms with Crippen LogP contribution in [0.3, 0.4) is 0 Å². The number of nitrogens with zero attached hydrogens (tertiary/aromatic N) is 1. The van der Waals surface area contributed by atoms with Crippen molar-refractivity contribution in [1.82, 2.24) is 4.57 Å². The second kappa shape index (κ2) is 6.55. The van der Waals surface area contributed by atoms with Crippen LogP contribution in [0.25, 0.3) is 22.0 Å². The van der Waals surface area contributed by atoms with Crippen LogP contribution in [0.2, 0.25) is 0 Å². The highest BCUT2D eigenvalue weighted by Crippen LogP contribution is 2.44. The Morgan fingerprint density at radius 2 is 1.59 bits per heavy atom. The Balaban J connectivity index is 2.12. The fourth-order valence-corrected chi connectivity index (χ4v) is 3.77. The van der Waals surface area contributed by atoms with E-state index in [0.717, 1.165) is 0 Å². The molecule has 6 heteroatoms. The molecule has 27 heavy (non-hydrogen) atoms. The lowest BCUT2D eigenvalue weighted by Crippen LogP contribution is -2.24. The highest BCUT2D eigenvalue weighted by molar-refractivity contribution is 6.27. The van der Waals surface area contributed by atoms with Gasteiger partial charge in [-0.2, -0.15) is 0 Å². The van der Waals surface area contributed by atoms with Gasteiger partial charge in [-0.05, 0) is 31.2 Å². The number of pyridine rings is 1. The molecule has 0 amide bonds. The summed E-state index contributed by atoms with van der Waals surface area (Å²) >= 11 is 0. The number of ether oxygens (including phenoxy) is 2. The minimum atomic E-state index is -0.117. The Morgan fingerprint density at radius 1 is 0.963 bits per heavy atom. The molecule has 1 aliphatic rings. The SMILES string of the molecule is COc1cc2c(cc1OC)-c1c(c3ccccc3c(=O)n1CCCN)C2=O. The van der Waals surface area contributed by atoms with Gasteiger partial charge in [0.1, 0.15) is 0 Å². The molecule has 138 valence electrons. The molecule has 2 N–H and O–H groups in total. The molecule has 1 aliphatic carbocycles. The van der Waals surface area contributed by atoms with Crippen molar-refractivity contribution in [3.05, 3.63) is 57.9 Å². The lowest BCUT2D eigenvalue weighted by molar-refractivity contribution is 0.104. The van der Waals surface area contributed by atoms with Crippen molar-refractivity contribution in [3.63, 3.8) is 0 Å². The fraction of sp³-hybridized carbons (Fsp3) is 0.238. The van der Waals surface area contributed by atoms with E-state index in [1.807, 2.05) is 18.2 Å². The van der Waals surface area contributed by atoms with E-state index in [9.17, 15) is 9.59 Å². The summed E-state index contributed by atoms with van der Waals surface area (Å²) in [5, 5.41) is 1.20. The normalized spacial score (nSPS) is 12.2. The molecule has 0 unspecified atom stereocenters. The van der Waals surface area contributed by atoms with Crippen LogP contribution >= 0.6 is 0 Å². The second-order valence-corrected chi connectivity index (χ2v) is 6.45. The van der Waals surface area contributed by atoms with E-state index in [1.165, 1.54) is 7.11 Å². The molecule has 6 nitrogen and oxygen atoms in total. The Bertz CT molecular complexity index is 1130. The number of hydrogen-bond donors (Lipinski definition) is 1. The average Bonchev–Trinajstić information content (AvgIpc) is 2.99. The Hall–Kier alpha value is -3.12. The summed E-state index contributed by atoms with van der Waals surface area (Å²) in [5.74, 6) is 0.888. The Kier molecular flexibility index (Phi) is 4.20. The molecule has 0 atom stereocenters. The lowest BCUT2D eigenvalue weighted by atomic mass is 10.0. The molecule has 0 fully saturated rings. The summed E-state index contributed by atoms with van der Waals surface area (Å²) in [6.45, 7) is 0.907. The molecular formula is C21H20N2O4. The van der Waals surface area contributed by atoms with Gasteiger partial charge in [0.2, 0.25) is 0 Å². The minimum absolute atomic E-state index is 0.112. The van der Waals surface area contributed by atoms with Crippen LogP contribution < -0.4 is 20.8 Å². The fourth-order valence-electron chi connectivity index (χ4n) is 3.77. The van der Waals surface area contributed by atoms with Gasteiger partial charge in [-0.3, -0.25) is 9.59 Å². The molecule has 1 heterocycles. The van der Waals surface area contributed by atoms with Crippen molar-refractivity contribution in [1.29, 1.82) is 0 Å². The molecule has 1 aromatic heterocycles. The van der Waals surface area contributed by atoms with Gasteiger partial charge in [0, 0.05) is 28.4 Å². The number of methoxy groups -OCH3 is 2. The van der Waals surface area contributed by atoms with E-state index in [1.54, 1.807) is 29.9 Å². The predicted molar refractivity (Wildman–Crippen MR) is 104 cm³/mol. The van der Waals surface area contributed by atoms with Crippen molar-refractivity contribution < 1.29 is 14.3 Å². The van der Waals surface area contributed by atoms with Gasteiger partial charge >= 0.3 is 0 Å². The number of nitrogens with two attached hydrogens (primary N) is 1. The molecule has 0 saturated carbocycles. The van der Waals surface area contributed by atoms with E-state index in [4.69, 9.17) is 15.2 Å². The number of aromatic nitrogens is 1. The predicted octanol–water partition coefficient (Wildman–Crippen LogP) is 2.58. The number of carbonyl (C=O) groups is 1. The van der Waals surface area contributed by atoms with Gasteiger partial charge in [0.05, 0.1) is 25.5 Å². The molecule has 3 aromatic rings. The number of carbonyl (C=O) groups excluding carboxylic acids is 1. The smallest absolute Gasteiger partial charge is 0.258 e. The first kappa shape index (κ1) is 17.3. The van der Waals surface area contributed by atoms with E-state index in [0.29, 0.717) is 64.2 Å². The maximum absolute atomic E-state index is 13.3. The van der Waals surface area contributed by atoms with Crippen molar-refractivity contribution in [2.24, 2.45) is 5.73 Å². The van der Waals surface area contributed by atoms with E-state index in [-0.39, 0.29) is 11.3 Å². The maximum Gasteiger partial charge on any atom is 0.258 e. The summed E-state index contributed by atoms with van der Waals surface area (Å²) in [5.41, 5.74) is 7.94. The molecule has 2 aromatic carbocycles. The first-order chi connectivity index (χ1) is 13.1. The zero-order valence-corrected chi connectivity index (χ0v) is 15.2. The van der Waals surface area contributed by atoms with Crippen LogP contribution in [0.4, 0.5) is 0 Å². The average molecular weight is 364 g/mol. The molecule has 0 radical (unpaired) electrons. The van der Waals surface area contributed by atoms with Crippen LogP contribution in [-0.4, -0.2) is 31.1 Å². The molecule has 4 rings (SSSR count). The van der Waals surface area contributed by atoms with Gasteiger partial charge < -0.3 is 19.8 Å². The summed E-state index contributed by atoms with van der Waals surface area (Å²) in [6.07, 6.45) is 0.640. The van der Waals surface area contributed by atoms with Crippen LogP contribution in [0.1, 0.15) is 22.3 Å². The highest BCUT2D eigenvalue weighted by Gasteiger charge is 2.34. The van der Waals surface area contributed by atoms with Gasteiger partial charge in [-0.1, -0.05) is 18.2 Å². The number of rotatable bonds is 5. The zero-order chi connectivity index (χ0) is 19.1. The zero-order valence-electron chi connectivity index (χ0n) is 15.2. The van der Waals surface area contributed by atoms with E-state index < -0.39 is 0 Å². The van der Waals surface area contributed by atoms with Crippen molar-refractivity contribution >= 4 is 16.6 Å². The van der Waals surface area contributed by atoms with Crippen molar-refractivity contribution in [2.45, 2.75) is 13.0 Å². The summed E-state index contributed by atoms with van der Waals surface area (Å²) in [7, 11) is 3.08. The lowest BCUT2D eigenvalue weighted by Gasteiger charge is -2.15. The standard InChI is InChI=1S/C21H20N2O4/c1-26-16-10-14-15(11-17(16)27-2)20(24)18-12-6-3-4-7-13(12)21(25)23(19(14)18)9-5-8-22/h3-4,6-7,10-11H,5,8-9,22H2,1-2H3. The summed E-state index contributed by atoms with van der Waals surface area (Å²) < 4.78 is 12.4. The van der Waals surface area contributed by atoms with E-state index >= 15 is 0 Å². The summed E-state index contributed by atoms with van der Waals surface area (Å²) in [6, 6.07) is 10.7. The molecular weight excluding hydrogens is 344 g/mol. The topological polar surface area (TPSA) is 83.6 Å². The number of benzene rings is 2. The largest absolute Gasteiger partial charge is 0.493 e. The van der Waals surface area contributed by atoms with Crippen molar-refractivity contribution in [3.8, 4) is 22.8 Å². The van der Waals surface area contributed by atoms with Crippen molar-refractivity contribution in [2.75, 3.05) is 20.8 Å². The van der Waals surface area contributed by atoms with Gasteiger partial charge in [0.15, 0.2) is 17.3 Å². The third-order valence-electron chi connectivity index (χ3n) is 5.02. The Labute approximate surface area is 156 Å². The first-order valence-corrected chi connectivity index (χ1v) is 8.79. The van der Waals surface area contributed by atoms with Crippen LogP contribution in [0.5, 0.6) is 11.5 Å².